The van der Waals surface area contributed by atoms with Crippen molar-refractivity contribution in [1.29, 1.82) is 0 Å². The van der Waals surface area contributed by atoms with Gasteiger partial charge in [0.15, 0.2) is 0 Å². The minimum atomic E-state index is -0.407. The lowest BCUT2D eigenvalue weighted by Crippen LogP contribution is -2.42. The van der Waals surface area contributed by atoms with Crippen molar-refractivity contribution >= 4 is 5.91 Å². The number of aliphatic hydroxyl groups excluding tert-OH is 1. The normalized spacial score (nSPS) is 24.7. The summed E-state index contributed by atoms with van der Waals surface area (Å²) < 4.78 is 0. The van der Waals surface area contributed by atoms with Crippen LogP contribution in [0, 0.1) is 0 Å². The van der Waals surface area contributed by atoms with Crippen molar-refractivity contribution < 1.29 is 9.90 Å². The molecule has 0 aromatic rings. The predicted molar refractivity (Wildman–Crippen MR) is 75.0 cm³/mol. The molecule has 1 amide bonds. The summed E-state index contributed by atoms with van der Waals surface area (Å²) in [7, 11) is 0. The molecule has 2 aliphatic rings. The third kappa shape index (κ3) is 4.44. The first kappa shape index (κ1) is 14.8. The number of hydrogen-bond donors (Lipinski definition) is 1. The molecule has 1 atom stereocenters. The highest BCUT2D eigenvalue weighted by molar-refractivity contribution is 5.78. The molecule has 0 aromatic heterocycles. The van der Waals surface area contributed by atoms with E-state index in [-0.39, 0.29) is 5.91 Å². The Hall–Kier alpha value is -0.650. The van der Waals surface area contributed by atoms with Crippen molar-refractivity contribution in [1.82, 2.24) is 14.7 Å². The van der Waals surface area contributed by atoms with Crippen LogP contribution in [0.2, 0.25) is 0 Å². The molecular formula is C14H27N3O2. The SMILES string of the molecule is CCN1CCCN(CC(O)CN2CCCC2=O)CC1. The van der Waals surface area contributed by atoms with Gasteiger partial charge in [0.2, 0.25) is 5.91 Å². The number of carbonyl (C=O) groups excluding carboxylic acids is 1. The molecular weight excluding hydrogens is 242 g/mol. The van der Waals surface area contributed by atoms with Crippen LogP contribution < -0.4 is 0 Å². The molecule has 19 heavy (non-hydrogen) atoms. The van der Waals surface area contributed by atoms with Gasteiger partial charge in [-0.3, -0.25) is 9.69 Å². The van der Waals surface area contributed by atoms with Crippen LogP contribution in [0.5, 0.6) is 0 Å². The maximum Gasteiger partial charge on any atom is 0.222 e. The van der Waals surface area contributed by atoms with E-state index >= 15 is 0 Å². The summed E-state index contributed by atoms with van der Waals surface area (Å²) in [5, 5.41) is 10.1. The second-order valence-corrected chi connectivity index (χ2v) is 5.69. The van der Waals surface area contributed by atoms with Gasteiger partial charge in [0.25, 0.3) is 0 Å². The van der Waals surface area contributed by atoms with Crippen LogP contribution in [0.4, 0.5) is 0 Å². The number of aliphatic hydroxyl groups is 1. The number of rotatable bonds is 5. The van der Waals surface area contributed by atoms with E-state index in [0.29, 0.717) is 19.5 Å². The molecule has 2 saturated heterocycles. The molecule has 0 aromatic carbocycles. The van der Waals surface area contributed by atoms with Crippen molar-refractivity contribution in [3.8, 4) is 0 Å². The lowest BCUT2D eigenvalue weighted by molar-refractivity contribution is -0.129. The van der Waals surface area contributed by atoms with E-state index in [2.05, 4.69) is 16.7 Å². The Balaban J connectivity index is 1.72. The molecule has 0 bridgehead atoms. The molecule has 0 radical (unpaired) electrons. The number of carbonyl (C=O) groups is 1. The van der Waals surface area contributed by atoms with Gasteiger partial charge in [-0.15, -0.1) is 0 Å². The third-order valence-electron chi connectivity index (χ3n) is 4.20. The van der Waals surface area contributed by atoms with E-state index in [0.717, 1.165) is 45.7 Å². The summed E-state index contributed by atoms with van der Waals surface area (Å²) in [5.74, 6) is 0.201. The van der Waals surface area contributed by atoms with E-state index in [4.69, 9.17) is 0 Å². The Morgan fingerprint density at radius 1 is 1.05 bits per heavy atom. The highest BCUT2D eigenvalue weighted by atomic mass is 16.3. The second kappa shape index (κ2) is 7.22. The number of hydrogen-bond acceptors (Lipinski definition) is 4. The quantitative estimate of drug-likeness (QED) is 0.763. The zero-order valence-electron chi connectivity index (χ0n) is 12.1. The van der Waals surface area contributed by atoms with E-state index < -0.39 is 6.10 Å². The minimum absolute atomic E-state index is 0.201. The molecule has 5 heteroatoms. The number of likely N-dealkylation sites (tertiary alicyclic amines) is 1. The third-order valence-corrected chi connectivity index (χ3v) is 4.20. The molecule has 0 spiro atoms. The topological polar surface area (TPSA) is 47.0 Å². The number of likely N-dealkylation sites (N-methyl/N-ethyl adjacent to an activating group) is 1. The molecule has 110 valence electrons. The summed E-state index contributed by atoms with van der Waals surface area (Å²) in [6, 6.07) is 0. The van der Waals surface area contributed by atoms with Gasteiger partial charge in [-0.2, -0.15) is 0 Å². The average molecular weight is 269 g/mol. The van der Waals surface area contributed by atoms with Gasteiger partial charge in [-0.25, -0.2) is 0 Å². The maximum atomic E-state index is 11.5. The van der Waals surface area contributed by atoms with Crippen molar-refractivity contribution in [3.63, 3.8) is 0 Å². The summed E-state index contributed by atoms with van der Waals surface area (Å²) in [5.41, 5.74) is 0. The van der Waals surface area contributed by atoms with Crippen LogP contribution in [0.15, 0.2) is 0 Å². The van der Waals surface area contributed by atoms with Gasteiger partial charge in [0.05, 0.1) is 6.10 Å². The van der Waals surface area contributed by atoms with Crippen LogP contribution in [0.3, 0.4) is 0 Å². The molecule has 2 rings (SSSR count). The molecule has 2 heterocycles. The summed E-state index contributed by atoms with van der Waals surface area (Å²) >= 11 is 0. The van der Waals surface area contributed by atoms with E-state index in [9.17, 15) is 9.90 Å². The highest BCUT2D eigenvalue weighted by Gasteiger charge is 2.24. The van der Waals surface area contributed by atoms with Gasteiger partial charge >= 0.3 is 0 Å². The van der Waals surface area contributed by atoms with Crippen LogP contribution in [0.1, 0.15) is 26.2 Å². The lowest BCUT2D eigenvalue weighted by atomic mass is 10.3. The molecule has 2 fully saturated rings. The van der Waals surface area contributed by atoms with Crippen LogP contribution in [-0.2, 0) is 4.79 Å². The van der Waals surface area contributed by atoms with E-state index in [1.54, 1.807) is 4.90 Å². The predicted octanol–water partition coefficient (Wildman–Crippen LogP) is -0.00270. The Morgan fingerprint density at radius 3 is 2.47 bits per heavy atom. The number of nitrogens with zero attached hydrogens (tertiary/aromatic N) is 3. The van der Waals surface area contributed by atoms with Gasteiger partial charge in [-0.05, 0) is 32.5 Å². The van der Waals surface area contributed by atoms with Crippen molar-refractivity contribution in [2.75, 3.05) is 52.4 Å². The fourth-order valence-corrected chi connectivity index (χ4v) is 3.03. The smallest absolute Gasteiger partial charge is 0.222 e. The van der Waals surface area contributed by atoms with Gasteiger partial charge in [-0.1, -0.05) is 6.92 Å². The first-order valence-electron chi connectivity index (χ1n) is 7.59. The van der Waals surface area contributed by atoms with Gasteiger partial charge in [0, 0.05) is 39.1 Å². The van der Waals surface area contributed by atoms with Crippen molar-refractivity contribution in [3.05, 3.63) is 0 Å². The fourth-order valence-electron chi connectivity index (χ4n) is 3.03. The Labute approximate surface area is 116 Å². The largest absolute Gasteiger partial charge is 0.390 e. The lowest BCUT2D eigenvalue weighted by Gasteiger charge is -2.26. The molecule has 0 saturated carbocycles. The maximum absolute atomic E-state index is 11.5. The van der Waals surface area contributed by atoms with Crippen LogP contribution in [0.25, 0.3) is 0 Å². The number of amides is 1. The second-order valence-electron chi connectivity index (χ2n) is 5.69. The Morgan fingerprint density at radius 2 is 1.79 bits per heavy atom. The molecule has 1 N–H and O–H groups in total. The average Bonchev–Trinajstić information content (AvgIpc) is 2.66. The molecule has 5 nitrogen and oxygen atoms in total. The Kier molecular flexibility index (Phi) is 5.60. The van der Waals surface area contributed by atoms with E-state index in [1.807, 2.05) is 0 Å². The van der Waals surface area contributed by atoms with Crippen molar-refractivity contribution in [2.45, 2.75) is 32.3 Å². The molecule has 1 unspecified atom stereocenters. The Bertz CT molecular complexity index is 298. The molecule has 0 aliphatic carbocycles. The monoisotopic (exact) mass is 269 g/mol. The van der Waals surface area contributed by atoms with Gasteiger partial charge < -0.3 is 14.9 Å². The minimum Gasteiger partial charge on any atom is -0.390 e. The van der Waals surface area contributed by atoms with E-state index in [1.165, 1.54) is 6.42 Å². The van der Waals surface area contributed by atoms with Crippen molar-refractivity contribution in [2.24, 2.45) is 0 Å². The zero-order valence-corrected chi connectivity index (χ0v) is 12.1. The van der Waals surface area contributed by atoms with Crippen LogP contribution >= 0.6 is 0 Å². The first-order chi connectivity index (χ1) is 9.19. The van der Waals surface area contributed by atoms with Gasteiger partial charge in [0.1, 0.15) is 0 Å². The fraction of sp³-hybridized carbons (Fsp3) is 0.929. The summed E-state index contributed by atoms with van der Waals surface area (Å²) in [4.78, 5) is 18.1. The molecule has 2 aliphatic heterocycles. The zero-order chi connectivity index (χ0) is 13.7. The summed E-state index contributed by atoms with van der Waals surface area (Å²) in [6.07, 6.45) is 2.36. The highest BCUT2D eigenvalue weighted by Crippen LogP contribution is 2.11. The number of β-amino-alcohol motifs (C(OH)–C–C–N with tert-alkyl or cyclic N) is 1. The van der Waals surface area contributed by atoms with Crippen LogP contribution in [-0.4, -0.2) is 84.2 Å². The summed E-state index contributed by atoms with van der Waals surface area (Å²) in [6.45, 7) is 9.66. The standard InChI is InChI=1S/C14H27N3O2/c1-2-15-6-4-7-16(10-9-15)11-13(18)12-17-8-3-5-14(17)19/h13,18H,2-12H2,1H3. The first-order valence-corrected chi connectivity index (χ1v) is 7.59.